The molecule has 1 aliphatic carbocycles. The summed E-state index contributed by atoms with van der Waals surface area (Å²) in [7, 11) is 2.29. The number of hydrogen-bond donors (Lipinski definition) is 0. The van der Waals surface area contributed by atoms with Gasteiger partial charge < -0.3 is 9.80 Å². The molecule has 1 aliphatic heterocycles. The number of hydrogen-bond acceptors (Lipinski definition) is 2. The van der Waals surface area contributed by atoms with E-state index in [2.05, 4.69) is 30.7 Å². The highest BCUT2D eigenvalue weighted by Crippen LogP contribution is 2.28. The smallest absolute Gasteiger partial charge is 0.00923 e. The summed E-state index contributed by atoms with van der Waals surface area (Å²) in [6.45, 7) is 9.99. The molecule has 0 atom stereocenters. The fraction of sp³-hybridized carbons (Fsp3) is 1.00. The second-order valence-electron chi connectivity index (χ2n) is 6.73. The fourth-order valence-corrected chi connectivity index (χ4v) is 3.64. The minimum absolute atomic E-state index is 0.868. The van der Waals surface area contributed by atoms with Crippen LogP contribution in [0.4, 0.5) is 0 Å². The predicted molar refractivity (Wildman–Crippen MR) is 78.9 cm³/mol. The Morgan fingerprint density at radius 2 is 1.61 bits per heavy atom. The zero-order chi connectivity index (χ0) is 13.0. The number of nitrogens with zero attached hydrogens (tertiary/aromatic N) is 2. The third-order valence-corrected chi connectivity index (χ3v) is 5.33. The zero-order valence-corrected chi connectivity index (χ0v) is 12.7. The molecule has 0 radical (unpaired) electrons. The Kier molecular flexibility index (Phi) is 5.50. The minimum Gasteiger partial charge on any atom is -0.304 e. The number of rotatable bonds is 4. The Balaban J connectivity index is 1.67. The van der Waals surface area contributed by atoms with Gasteiger partial charge in [0.2, 0.25) is 0 Å². The van der Waals surface area contributed by atoms with Gasteiger partial charge in [-0.25, -0.2) is 0 Å². The van der Waals surface area contributed by atoms with Crippen molar-refractivity contribution < 1.29 is 0 Å². The van der Waals surface area contributed by atoms with E-state index in [0.29, 0.717) is 0 Å². The van der Waals surface area contributed by atoms with E-state index in [9.17, 15) is 0 Å². The van der Waals surface area contributed by atoms with Crippen molar-refractivity contribution in [2.75, 3.05) is 33.2 Å². The van der Waals surface area contributed by atoms with Crippen LogP contribution >= 0.6 is 0 Å². The quantitative estimate of drug-likeness (QED) is 0.758. The minimum atomic E-state index is 0.868. The predicted octanol–water partition coefficient (Wildman–Crippen LogP) is 3.23. The van der Waals surface area contributed by atoms with E-state index >= 15 is 0 Å². The SMILES string of the molecule is CCN(C)C1CCC(CN2CCC(C)CC2)CC1. The molecule has 1 heterocycles. The first-order chi connectivity index (χ1) is 8.69. The molecule has 0 bridgehead atoms. The van der Waals surface area contributed by atoms with Crippen molar-refractivity contribution in [3.63, 3.8) is 0 Å². The van der Waals surface area contributed by atoms with Crippen LogP contribution in [0.25, 0.3) is 0 Å². The molecule has 2 fully saturated rings. The van der Waals surface area contributed by atoms with Crippen molar-refractivity contribution in [3.8, 4) is 0 Å². The second-order valence-corrected chi connectivity index (χ2v) is 6.73. The van der Waals surface area contributed by atoms with Gasteiger partial charge in [0.05, 0.1) is 0 Å². The maximum Gasteiger partial charge on any atom is 0.00923 e. The summed E-state index contributed by atoms with van der Waals surface area (Å²) in [5.41, 5.74) is 0. The summed E-state index contributed by atoms with van der Waals surface area (Å²) in [5, 5.41) is 0. The van der Waals surface area contributed by atoms with E-state index < -0.39 is 0 Å². The van der Waals surface area contributed by atoms with E-state index in [1.54, 1.807) is 0 Å². The van der Waals surface area contributed by atoms with Gasteiger partial charge in [-0.15, -0.1) is 0 Å². The Hall–Kier alpha value is -0.0800. The van der Waals surface area contributed by atoms with Crippen LogP contribution in [0.2, 0.25) is 0 Å². The van der Waals surface area contributed by atoms with Crippen LogP contribution < -0.4 is 0 Å². The molecule has 2 heteroatoms. The van der Waals surface area contributed by atoms with Crippen LogP contribution in [0.5, 0.6) is 0 Å². The van der Waals surface area contributed by atoms with Crippen molar-refractivity contribution in [3.05, 3.63) is 0 Å². The average molecular weight is 252 g/mol. The van der Waals surface area contributed by atoms with Crippen molar-refractivity contribution in [2.45, 2.75) is 58.4 Å². The molecule has 0 aromatic carbocycles. The topological polar surface area (TPSA) is 6.48 Å². The second kappa shape index (κ2) is 6.91. The van der Waals surface area contributed by atoms with Crippen LogP contribution in [0.3, 0.4) is 0 Å². The zero-order valence-electron chi connectivity index (χ0n) is 12.7. The van der Waals surface area contributed by atoms with Gasteiger partial charge in [-0.1, -0.05) is 13.8 Å². The molecule has 0 N–H and O–H groups in total. The van der Waals surface area contributed by atoms with Gasteiger partial charge in [-0.05, 0) is 77.0 Å². The van der Waals surface area contributed by atoms with Crippen LogP contribution in [-0.4, -0.2) is 49.1 Å². The molecule has 0 aromatic rings. The molecular formula is C16H32N2. The Labute approximate surface area is 114 Å². The highest BCUT2D eigenvalue weighted by molar-refractivity contribution is 4.80. The molecule has 1 saturated carbocycles. The standard InChI is InChI=1S/C16H32N2/c1-4-17(3)16-7-5-15(6-8-16)13-18-11-9-14(2)10-12-18/h14-16H,4-13H2,1-3H3. The molecule has 106 valence electrons. The normalized spacial score (nSPS) is 32.0. The third kappa shape index (κ3) is 3.96. The summed E-state index contributed by atoms with van der Waals surface area (Å²) in [5.74, 6) is 1.95. The number of likely N-dealkylation sites (tertiary alicyclic amines) is 1. The van der Waals surface area contributed by atoms with E-state index in [-0.39, 0.29) is 0 Å². The van der Waals surface area contributed by atoms with Gasteiger partial charge in [0.15, 0.2) is 0 Å². The first kappa shape index (κ1) is 14.3. The molecule has 0 unspecified atom stereocenters. The third-order valence-electron chi connectivity index (χ3n) is 5.33. The van der Waals surface area contributed by atoms with Crippen molar-refractivity contribution in [1.29, 1.82) is 0 Å². The highest BCUT2D eigenvalue weighted by atomic mass is 15.1. The molecule has 2 nitrogen and oxygen atoms in total. The van der Waals surface area contributed by atoms with Crippen LogP contribution in [0.15, 0.2) is 0 Å². The van der Waals surface area contributed by atoms with E-state index in [0.717, 1.165) is 17.9 Å². The van der Waals surface area contributed by atoms with Crippen molar-refractivity contribution in [2.24, 2.45) is 11.8 Å². The molecule has 1 saturated heterocycles. The Bertz CT molecular complexity index is 225. The summed E-state index contributed by atoms with van der Waals surface area (Å²) in [6, 6.07) is 0.868. The lowest BCUT2D eigenvalue weighted by Gasteiger charge is -2.38. The van der Waals surface area contributed by atoms with Crippen LogP contribution in [0, 0.1) is 11.8 Å². The lowest BCUT2D eigenvalue weighted by Crippen LogP contribution is -2.40. The summed E-state index contributed by atoms with van der Waals surface area (Å²) >= 11 is 0. The largest absolute Gasteiger partial charge is 0.304 e. The van der Waals surface area contributed by atoms with Crippen molar-refractivity contribution >= 4 is 0 Å². The molecular weight excluding hydrogens is 220 g/mol. The van der Waals surface area contributed by atoms with E-state index in [1.807, 2.05) is 0 Å². The summed E-state index contributed by atoms with van der Waals surface area (Å²) < 4.78 is 0. The molecule has 0 amide bonds. The van der Waals surface area contributed by atoms with Gasteiger partial charge in [0.25, 0.3) is 0 Å². The summed E-state index contributed by atoms with van der Waals surface area (Å²) in [6.07, 6.45) is 8.63. The van der Waals surface area contributed by atoms with E-state index in [1.165, 1.54) is 64.7 Å². The first-order valence-corrected chi connectivity index (χ1v) is 8.11. The van der Waals surface area contributed by atoms with Gasteiger partial charge in [0.1, 0.15) is 0 Å². The lowest BCUT2D eigenvalue weighted by atomic mass is 9.84. The highest BCUT2D eigenvalue weighted by Gasteiger charge is 2.25. The van der Waals surface area contributed by atoms with Gasteiger partial charge in [-0.2, -0.15) is 0 Å². The Morgan fingerprint density at radius 3 is 2.17 bits per heavy atom. The van der Waals surface area contributed by atoms with Gasteiger partial charge >= 0.3 is 0 Å². The van der Waals surface area contributed by atoms with Crippen LogP contribution in [-0.2, 0) is 0 Å². The number of piperidine rings is 1. The lowest BCUT2D eigenvalue weighted by molar-refractivity contribution is 0.121. The van der Waals surface area contributed by atoms with E-state index in [4.69, 9.17) is 0 Å². The van der Waals surface area contributed by atoms with Crippen molar-refractivity contribution in [1.82, 2.24) is 9.80 Å². The molecule has 0 aromatic heterocycles. The molecule has 2 aliphatic rings. The van der Waals surface area contributed by atoms with Gasteiger partial charge in [0, 0.05) is 12.6 Å². The summed E-state index contributed by atoms with van der Waals surface area (Å²) in [4.78, 5) is 5.27. The maximum atomic E-state index is 2.73. The molecule has 0 spiro atoms. The van der Waals surface area contributed by atoms with Crippen LogP contribution in [0.1, 0.15) is 52.4 Å². The Morgan fingerprint density at radius 1 is 1.00 bits per heavy atom. The maximum absolute atomic E-state index is 2.73. The van der Waals surface area contributed by atoms with Gasteiger partial charge in [-0.3, -0.25) is 0 Å². The molecule has 2 rings (SSSR count). The first-order valence-electron chi connectivity index (χ1n) is 8.11. The average Bonchev–Trinajstić information content (AvgIpc) is 2.41. The fourth-order valence-electron chi connectivity index (χ4n) is 3.64. The molecule has 18 heavy (non-hydrogen) atoms. The monoisotopic (exact) mass is 252 g/mol.